The number of hydrogen-bond donors (Lipinski definition) is 4. The van der Waals surface area contributed by atoms with Crippen molar-refractivity contribution in [2.24, 2.45) is 34.0 Å². The molecule has 4 N–H and O–H groups in total. The van der Waals surface area contributed by atoms with Crippen molar-refractivity contribution in [1.82, 2.24) is 30.5 Å². The van der Waals surface area contributed by atoms with E-state index in [1.807, 2.05) is 47.6 Å². The van der Waals surface area contributed by atoms with Crippen LogP contribution in [0.15, 0.2) is 43.0 Å². The molecule has 1 saturated heterocycles. The normalized spacial score (nSPS) is 22.5. The molecule has 6 atom stereocenters. The van der Waals surface area contributed by atoms with Crippen LogP contribution in [0.4, 0.5) is 4.79 Å². The smallest absolute Gasteiger partial charge is 0.315 e. The highest BCUT2D eigenvalue weighted by Crippen LogP contribution is 2.65. The van der Waals surface area contributed by atoms with Gasteiger partial charge in [-0.3, -0.25) is 19.2 Å². The zero-order valence-electron chi connectivity index (χ0n) is 32.8. The fraction of sp³-hybridized carbons (Fsp3) is 0.667. The maximum Gasteiger partial charge on any atom is 0.315 e. The third-order valence-electron chi connectivity index (χ3n) is 11.1. The van der Waals surface area contributed by atoms with Crippen molar-refractivity contribution in [2.75, 3.05) is 26.7 Å². The molecule has 0 spiro atoms. The minimum Gasteiger partial charge on any atom is -0.346 e. The molecule has 0 radical (unpaired) electrons. The number of nitrogens with zero attached hydrogens (tertiary/aromatic N) is 2. The molecule has 1 unspecified atom stereocenters. The van der Waals surface area contributed by atoms with E-state index >= 15 is 0 Å². The Labute approximate surface area is 315 Å². The average molecular weight is 757 g/mol. The van der Waals surface area contributed by atoms with Crippen molar-refractivity contribution in [3.8, 4) is 0 Å². The van der Waals surface area contributed by atoms with E-state index in [4.69, 9.17) is 0 Å². The van der Waals surface area contributed by atoms with Gasteiger partial charge in [-0.05, 0) is 46.0 Å². The van der Waals surface area contributed by atoms with E-state index in [-0.39, 0.29) is 42.0 Å². The summed E-state index contributed by atoms with van der Waals surface area (Å²) in [4.78, 5) is 69.7. The molecule has 2 saturated carbocycles. The first-order valence-corrected chi connectivity index (χ1v) is 20.2. The zero-order chi connectivity index (χ0) is 39.7. The van der Waals surface area contributed by atoms with Gasteiger partial charge < -0.3 is 26.2 Å². The van der Waals surface area contributed by atoms with Gasteiger partial charge in [0.1, 0.15) is 12.1 Å². The number of Topliss-reactive ketones (excluding diaryl/α,β-unsaturated/α-hetero) is 1. The van der Waals surface area contributed by atoms with Gasteiger partial charge in [0.2, 0.25) is 27.6 Å². The summed E-state index contributed by atoms with van der Waals surface area (Å²) < 4.78 is 27.8. The first kappa shape index (κ1) is 42.0. The van der Waals surface area contributed by atoms with E-state index in [0.717, 1.165) is 12.8 Å². The average Bonchev–Trinajstić information content (AvgIpc) is 3.91. The highest BCUT2D eigenvalue weighted by Gasteiger charge is 2.70. The lowest BCUT2D eigenvalue weighted by atomic mass is 9.85. The highest BCUT2D eigenvalue weighted by molar-refractivity contribution is 7.88. The number of carbonyl (C=O) groups is 5. The van der Waals surface area contributed by atoms with Gasteiger partial charge in [0.25, 0.3) is 5.91 Å². The number of hydrogen-bond acceptors (Lipinski definition) is 7. The summed E-state index contributed by atoms with van der Waals surface area (Å²) in [6.07, 6.45) is 3.64. The minimum absolute atomic E-state index is 0.000608. The lowest BCUT2D eigenvalue weighted by molar-refractivity contribution is -0.145. The maximum absolute atomic E-state index is 14.5. The summed E-state index contributed by atoms with van der Waals surface area (Å²) in [5.41, 5.74) is -0.904. The van der Waals surface area contributed by atoms with E-state index in [1.165, 1.54) is 22.3 Å². The molecule has 5 amide bonds. The van der Waals surface area contributed by atoms with Crippen LogP contribution in [0.25, 0.3) is 0 Å². The van der Waals surface area contributed by atoms with Crippen molar-refractivity contribution in [3.05, 3.63) is 48.6 Å². The number of piperidine rings is 1. The number of likely N-dealkylation sites (tertiary alicyclic amines) is 1. The summed E-state index contributed by atoms with van der Waals surface area (Å²) in [5, 5.41) is 11.2. The molecule has 53 heavy (non-hydrogen) atoms. The third-order valence-corrected chi connectivity index (χ3v) is 12.9. The van der Waals surface area contributed by atoms with Crippen LogP contribution in [0.2, 0.25) is 0 Å². The van der Waals surface area contributed by atoms with Crippen LogP contribution < -0.4 is 21.3 Å². The van der Waals surface area contributed by atoms with E-state index in [9.17, 15) is 32.4 Å². The molecule has 0 aromatic heterocycles. The molecule has 4 rings (SSSR count). The van der Waals surface area contributed by atoms with Crippen LogP contribution in [0.1, 0.15) is 80.2 Å². The first-order valence-electron chi connectivity index (χ1n) is 18.6. The molecule has 2 aliphatic carbocycles. The summed E-state index contributed by atoms with van der Waals surface area (Å²) >= 11 is 0. The fourth-order valence-electron chi connectivity index (χ4n) is 7.35. The van der Waals surface area contributed by atoms with Gasteiger partial charge in [0.15, 0.2) is 0 Å². The van der Waals surface area contributed by atoms with E-state index in [1.54, 1.807) is 24.3 Å². The molecule has 294 valence electrons. The Bertz CT molecular complexity index is 1660. The van der Waals surface area contributed by atoms with E-state index < -0.39 is 74.6 Å². The van der Waals surface area contributed by atoms with Crippen molar-refractivity contribution in [1.29, 1.82) is 0 Å². The second-order valence-corrected chi connectivity index (χ2v) is 19.9. The number of urea groups is 1. The molecule has 1 aromatic rings. The van der Waals surface area contributed by atoms with Crippen LogP contribution in [-0.2, 0) is 35.0 Å². The summed E-state index contributed by atoms with van der Waals surface area (Å²) in [6, 6.07) is 4.64. The van der Waals surface area contributed by atoms with Crippen molar-refractivity contribution >= 4 is 39.6 Å². The quantitative estimate of drug-likeness (QED) is 0.148. The number of nitrogens with one attached hydrogen (secondary N) is 4. The predicted octanol–water partition coefficient (Wildman–Crippen LogP) is 3.22. The molecule has 3 fully saturated rings. The molecular weight excluding hydrogens is 697 g/mol. The van der Waals surface area contributed by atoms with Gasteiger partial charge in [-0.15, -0.1) is 6.58 Å². The van der Waals surface area contributed by atoms with Gasteiger partial charge in [-0.2, -0.15) is 0 Å². The molecule has 14 heteroatoms. The van der Waals surface area contributed by atoms with Crippen LogP contribution in [0.3, 0.4) is 0 Å². The highest BCUT2D eigenvalue weighted by atomic mass is 32.2. The van der Waals surface area contributed by atoms with Crippen LogP contribution in [-0.4, -0.2) is 98.0 Å². The van der Waals surface area contributed by atoms with Crippen LogP contribution in [0.5, 0.6) is 0 Å². The van der Waals surface area contributed by atoms with Gasteiger partial charge in [-0.1, -0.05) is 105 Å². The second kappa shape index (κ2) is 15.9. The van der Waals surface area contributed by atoms with E-state index in [2.05, 4.69) is 41.7 Å². The van der Waals surface area contributed by atoms with Crippen LogP contribution >= 0.6 is 0 Å². The number of fused-ring (bicyclic) bond motifs is 1. The predicted molar refractivity (Wildman–Crippen MR) is 204 cm³/mol. The summed E-state index contributed by atoms with van der Waals surface area (Å²) in [5.74, 6) is -2.51. The summed E-state index contributed by atoms with van der Waals surface area (Å²) in [6.45, 7) is 19.3. The Morgan fingerprint density at radius 3 is 2.15 bits per heavy atom. The second-order valence-electron chi connectivity index (χ2n) is 17.9. The van der Waals surface area contributed by atoms with Gasteiger partial charge in [0.05, 0.1) is 11.8 Å². The number of likely N-dealkylation sites (N-methyl/N-ethyl adjacent to an activating group) is 1. The Morgan fingerprint density at radius 1 is 0.981 bits per heavy atom. The fourth-order valence-corrected chi connectivity index (χ4v) is 8.56. The SMILES string of the molecule is C=CCNC(=O)C(=O)C(CC1CC1)NC(=O)[C@@H]1[C@@H]2[C@H](CN1C(=O)[C@@H](NC(=O)N[C@H](CN(C)S(=O)(=O)Cc1ccccc1)C(C)(C)C)C(C)(C)C)C2(C)C. The molecule has 3 aliphatic rings. The first-order chi connectivity index (χ1) is 24.5. The lowest BCUT2D eigenvalue weighted by Crippen LogP contribution is -2.62. The lowest BCUT2D eigenvalue weighted by Gasteiger charge is -2.39. The zero-order valence-corrected chi connectivity index (χ0v) is 33.6. The molecule has 1 aromatic carbocycles. The number of sulfonamides is 1. The monoisotopic (exact) mass is 756 g/mol. The van der Waals surface area contributed by atoms with Gasteiger partial charge in [0, 0.05) is 32.7 Å². The van der Waals surface area contributed by atoms with Gasteiger partial charge in [-0.25, -0.2) is 17.5 Å². The van der Waals surface area contributed by atoms with Gasteiger partial charge >= 0.3 is 6.03 Å². The van der Waals surface area contributed by atoms with Crippen molar-refractivity contribution in [2.45, 2.75) is 105 Å². The number of rotatable bonds is 16. The molecule has 1 heterocycles. The molecule has 1 aliphatic heterocycles. The summed E-state index contributed by atoms with van der Waals surface area (Å²) in [7, 11) is -2.23. The topological polar surface area (TPSA) is 174 Å². The van der Waals surface area contributed by atoms with Crippen molar-refractivity contribution < 1.29 is 32.4 Å². The Balaban J connectivity index is 1.51. The molecule has 13 nitrogen and oxygen atoms in total. The standard InChI is InChI=1S/C39H60N6O7S/c1-11-19-40-34(48)31(46)27(20-24-17-18-24)41-33(47)30-29-26(39(29,8)9)21-45(30)35(49)32(38(5,6)7)43-36(50)42-28(37(2,3)4)22-44(10)53(51,52)23-25-15-13-12-14-16-25/h11-16,24,26-30,32H,1,17-23H2,2-10H3,(H,40,48)(H,41,47)(H2,42,43,50)/t26-,27?,28+,29-,30-,32+/m0/s1. The number of carbonyl (C=O) groups excluding carboxylic acids is 5. The Morgan fingerprint density at radius 2 is 1.60 bits per heavy atom. The number of ketones is 1. The largest absolute Gasteiger partial charge is 0.346 e. The van der Waals surface area contributed by atoms with Crippen molar-refractivity contribution in [3.63, 3.8) is 0 Å². The number of benzene rings is 1. The van der Waals surface area contributed by atoms with Crippen LogP contribution in [0, 0.1) is 34.0 Å². The Hall–Kier alpha value is -3.78. The maximum atomic E-state index is 14.5. The Kier molecular flexibility index (Phi) is 12.6. The van der Waals surface area contributed by atoms with E-state index in [0.29, 0.717) is 18.5 Å². The number of amides is 5. The molecular formula is C39H60N6O7S. The molecule has 0 bridgehead atoms. The minimum atomic E-state index is -3.71. The third kappa shape index (κ3) is 10.3.